The Morgan fingerprint density at radius 3 is 2.57 bits per heavy atom. The molecule has 7 nitrogen and oxygen atoms in total. The van der Waals surface area contributed by atoms with Crippen LogP contribution in [0.2, 0.25) is 0 Å². The summed E-state index contributed by atoms with van der Waals surface area (Å²) in [6.07, 6.45) is 0. The molecule has 0 atom stereocenters. The third kappa shape index (κ3) is 3.11. The summed E-state index contributed by atoms with van der Waals surface area (Å²) in [6.45, 7) is 0. The molecule has 2 rings (SSSR count). The summed E-state index contributed by atoms with van der Waals surface area (Å²) in [5.74, 6) is -3.01. The fraction of sp³-hybridized carbons (Fsp3) is 0.0769. The molecule has 0 bridgehead atoms. The number of amides is 1. The first kappa shape index (κ1) is 14.4. The molecule has 0 unspecified atom stereocenters. The van der Waals surface area contributed by atoms with E-state index in [9.17, 15) is 18.8 Å². The van der Waals surface area contributed by atoms with Gasteiger partial charge in [0.05, 0.1) is 5.56 Å². The number of nitrogens with one attached hydrogen (secondary N) is 1. The quantitative estimate of drug-likeness (QED) is 0.873. The molecular formula is C13H10FN3O4. The van der Waals surface area contributed by atoms with Gasteiger partial charge >= 0.3 is 5.97 Å². The van der Waals surface area contributed by atoms with Gasteiger partial charge in [-0.1, -0.05) is 0 Å². The first-order valence-electron chi connectivity index (χ1n) is 5.77. The zero-order valence-corrected chi connectivity index (χ0v) is 10.8. The molecule has 1 heterocycles. The fourth-order valence-corrected chi connectivity index (χ4v) is 1.58. The number of anilines is 1. The summed E-state index contributed by atoms with van der Waals surface area (Å²) in [4.78, 5) is 33.7. The first-order chi connectivity index (χ1) is 9.88. The molecule has 1 amide bonds. The van der Waals surface area contributed by atoms with Crippen molar-refractivity contribution < 1.29 is 19.1 Å². The van der Waals surface area contributed by atoms with Crippen molar-refractivity contribution in [1.29, 1.82) is 0 Å². The van der Waals surface area contributed by atoms with E-state index in [1.54, 1.807) is 0 Å². The third-order valence-corrected chi connectivity index (χ3v) is 2.65. The van der Waals surface area contributed by atoms with Gasteiger partial charge in [-0.2, -0.15) is 5.10 Å². The van der Waals surface area contributed by atoms with Crippen LogP contribution in [0.15, 0.2) is 35.1 Å². The number of carboxylic acids is 1. The summed E-state index contributed by atoms with van der Waals surface area (Å²) in [6, 6.07) is 5.60. The van der Waals surface area contributed by atoms with E-state index in [2.05, 4.69) is 10.4 Å². The predicted molar refractivity (Wildman–Crippen MR) is 70.8 cm³/mol. The van der Waals surface area contributed by atoms with Crippen LogP contribution in [0.1, 0.15) is 20.8 Å². The summed E-state index contributed by atoms with van der Waals surface area (Å²) >= 11 is 0. The highest BCUT2D eigenvalue weighted by molar-refractivity contribution is 6.03. The minimum atomic E-state index is -1.40. The number of hydrogen-bond donors (Lipinski definition) is 2. The average molecular weight is 291 g/mol. The van der Waals surface area contributed by atoms with Gasteiger partial charge in [-0.3, -0.25) is 9.59 Å². The van der Waals surface area contributed by atoms with E-state index in [0.29, 0.717) is 0 Å². The number of carbonyl (C=O) groups is 2. The van der Waals surface area contributed by atoms with Crippen LogP contribution in [-0.2, 0) is 7.05 Å². The lowest BCUT2D eigenvalue weighted by Gasteiger charge is -2.06. The lowest BCUT2D eigenvalue weighted by Crippen LogP contribution is -2.23. The molecule has 2 aromatic rings. The van der Waals surface area contributed by atoms with Crippen molar-refractivity contribution >= 4 is 17.6 Å². The van der Waals surface area contributed by atoms with Crippen LogP contribution in [-0.4, -0.2) is 26.8 Å². The van der Waals surface area contributed by atoms with Crippen LogP contribution in [0.5, 0.6) is 0 Å². The summed E-state index contributed by atoms with van der Waals surface area (Å²) in [7, 11) is 1.39. The molecule has 0 spiro atoms. The Labute approximate surface area is 117 Å². The number of carboxylic acid groups (broad SMARTS) is 1. The van der Waals surface area contributed by atoms with Crippen molar-refractivity contribution in [1.82, 2.24) is 9.78 Å². The maximum atomic E-state index is 13.5. The van der Waals surface area contributed by atoms with Crippen molar-refractivity contribution in [2.45, 2.75) is 0 Å². The molecule has 0 aliphatic carbocycles. The van der Waals surface area contributed by atoms with Gasteiger partial charge in [0, 0.05) is 18.8 Å². The second-order valence-electron chi connectivity index (χ2n) is 4.13. The number of nitrogens with zero attached hydrogens (tertiary/aromatic N) is 2. The van der Waals surface area contributed by atoms with Crippen LogP contribution >= 0.6 is 0 Å². The molecule has 1 aromatic heterocycles. The molecule has 2 N–H and O–H groups in total. The molecule has 0 saturated heterocycles. The molecule has 0 aliphatic rings. The number of rotatable bonds is 3. The van der Waals surface area contributed by atoms with E-state index in [1.807, 2.05) is 0 Å². The Morgan fingerprint density at radius 2 is 2.00 bits per heavy atom. The molecule has 108 valence electrons. The van der Waals surface area contributed by atoms with E-state index in [0.717, 1.165) is 16.8 Å². The number of halogens is 1. The predicted octanol–water partition coefficient (Wildman–Crippen LogP) is 0.870. The van der Waals surface area contributed by atoms with E-state index >= 15 is 0 Å². The zero-order chi connectivity index (χ0) is 15.6. The fourth-order valence-electron chi connectivity index (χ4n) is 1.58. The highest BCUT2D eigenvalue weighted by atomic mass is 19.1. The minimum Gasteiger partial charge on any atom is -0.478 e. The maximum absolute atomic E-state index is 13.5. The Balaban J connectivity index is 2.23. The van der Waals surface area contributed by atoms with E-state index in [4.69, 9.17) is 5.11 Å². The number of aromatic carboxylic acids is 1. The SMILES string of the molecule is Cn1nc(C(=O)Nc2ccc(C(=O)O)c(F)c2)ccc1=O. The third-order valence-electron chi connectivity index (χ3n) is 2.65. The molecule has 0 aliphatic heterocycles. The maximum Gasteiger partial charge on any atom is 0.338 e. The molecule has 0 fully saturated rings. The number of aromatic nitrogens is 2. The Hall–Kier alpha value is -3.03. The van der Waals surface area contributed by atoms with Crippen LogP contribution < -0.4 is 10.9 Å². The van der Waals surface area contributed by atoms with E-state index in [-0.39, 0.29) is 16.9 Å². The first-order valence-corrected chi connectivity index (χ1v) is 5.77. The van der Waals surface area contributed by atoms with Crippen LogP contribution in [0.3, 0.4) is 0 Å². The van der Waals surface area contributed by atoms with Gasteiger partial charge in [0.1, 0.15) is 11.5 Å². The van der Waals surface area contributed by atoms with Crippen molar-refractivity contribution in [3.05, 3.63) is 57.8 Å². The highest BCUT2D eigenvalue weighted by Crippen LogP contribution is 2.15. The molecule has 0 saturated carbocycles. The molecular weight excluding hydrogens is 281 g/mol. The van der Waals surface area contributed by atoms with Crippen molar-refractivity contribution in [2.24, 2.45) is 7.05 Å². The van der Waals surface area contributed by atoms with Gasteiger partial charge in [-0.25, -0.2) is 13.9 Å². The summed E-state index contributed by atoms with van der Waals surface area (Å²) < 4.78 is 14.5. The Bertz CT molecular complexity index is 785. The van der Waals surface area contributed by atoms with Gasteiger partial charge in [0.25, 0.3) is 11.5 Å². The number of hydrogen-bond acceptors (Lipinski definition) is 4. The van der Waals surface area contributed by atoms with Gasteiger partial charge in [0.2, 0.25) is 0 Å². The average Bonchev–Trinajstić information content (AvgIpc) is 2.41. The lowest BCUT2D eigenvalue weighted by atomic mass is 10.2. The Kier molecular flexibility index (Phi) is 3.79. The number of benzene rings is 1. The summed E-state index contributed by atoms with van der Waals surface area (Å²) in [5, 5.41) is 14.8. The minimum absolute atomic E-state index is 0.0279. The van der Waals surface area contributed by atoms with Crippen LogP contribution in [0.25, 0.3) is 0 Å². The molecule has 1 aromatic carbocycles. The smallest absolute Gasteiger partial charge is 0.338 e. The topological polar surface area (TPSA) is 101 Å². The standard InChI is InChI=1S/C13H10FN3O4/c1-17-11(18)5-4-10(16-17)12(19)15-7-2-3-8(13(20)21)9(14)6-7/h2-6H,1H3,(H,15,19)(H,20,21). The van der Waals surface area contributed by atoms with Crippen LogP contribution in [0, 0.1) is 5.82 Å². The van der Waals surface area contributed by atoms with Gasteiger partial charge < -0.3 is 10.4 Å². The number of carbonyl (C=O) groups excluding carboxylic acids is 1. The van der Waals surface area contributed by atoms with Crippen molar-refractivity contribution in [3.8, 4) is 0 Å². The normalized spacial score (nSPS) is 10.2. The van der Waals surface area contributed by atoms with Gasteiger partial charge in [-0.15, -0.1) is 0 Å². The van der Waals surface area contributed by atoms with Crippen LogP contribution in [0.4, 0.5) is 10.1 Å². The lowest BCUT2D eigenvalue weighted by molar-refractivity contribution is 0.0692. The van der Waals surface area contributed by atoms with E-state index in [1.165, 1.54) is 25.2 Å². The molecule has 0 radical (unpaired) electrons. The van der Waals surface area contributed by atoms with Crippen molar-refractivity contribution in [2.75, 3.05) is 5.32 Å². The number of aryl methyl sites for hydroxylation is 1. The second-order valence-corrected chi connectivity index (χ2v) is 4.13. The second kappa shape index (κ2) is 5.53. The molecule has 8 heteroatoms. The Morgan fingerprint density at radius 1 is 1.29 bits per heavy atom. The molecule has 21 heavy (non-hydrogen) atoms. The monoisotopic (exact) mass is 291 g/mol. The highest BCUT2D eigenvalue weighted by Gasteiger charge is 2.13. The zero-order valence-electron chi connectivity index (χ0n) is 10.8. The van der Waals surface area contributed by atoms with Gasteiger partial charge in [0.15, 0.2) is 0 Å². The van der Waals surface area contributed by atoms with Crippen molar-refractivity contribution in [3.63, 3.8) is 0 Å². The summed E-state index contributed by atoms with van der Waals surface area (Å²) in [5.41, 5.74) is -0.811. The van der Waals surface area contributed by atoms with Gasteiger partial charge in [-0.05, 0) is 24.3 Å². The largest absolute Gasteiger partial charge is 0.478 e. The van der Waals surface area contributed by atoms with E-state index < -0.39 is 23.3 Å².